The van der Waals surface area contributed by atoms with Gasteiger partial charge in [-0.3, -0.25) is 28.7 Å². The average molecular weight is 696 g/mol. The van der Waals surface area contributed by atoms with Gasteiger partial charge in [0.1, 0.15) is 6.54 Å². The van der Waals surface area contributed by atoms with E-state index in [1.165, 1.54) is 25.2 Å². The van der Waals surface area contributed by atoms with Crippen molar-refractivity contribution in [3.8, 4) is 11.3 Å². The molecule has 5 rings (SSSR count). The Morgan fingerprint density at radius 2 is 1.75 bits per heavy atom. The van der Waals surface area contributed by atoms with Gasteiger partial charge in [-0.15, -0.1) is 0 Å². The van der Waals surface area contributed by atoms with Gasteiger partial charge in [0.05, 0.1) is 28.0 Å². The predicted octanol–water partition coefficient (Wildman–Crippen LogP) is 1.68. The average Bonchev–Trinajstić information content (AvgIpc) is 3.64. The van der Waals surface area contributed by atoms with E-state index >= 15 is 0 Å². The lowest BCUT2D eigenvalue weighted by Gasteiger charge is -2.37. The number of amides is 4. The second-order valence-electron chi connectivity index (χ2n) is 11.0. The number of hydrogen-bond donors (Lipinski definition) is 4. The first-order chi connectivity index (χ1) is 22.7. The number of nitrogens with two attached hydrogens (primary N) is 1. The number of nitrogens with zero attached hydrogens (tertiary/aromatic N) is 6. The molecular weight excluding hydrogens is 663 g/mol. The second-order valence-corrected chi connectivity index (χ2v) is 11.4. The Labute approximate surface area is 276 Å². The Balaban J connectivity index is 0.00000167. The summed E-state index contributed by atoms with van der Waals surface area (Å²) in [5, 5.41) is 16.3. The molecule has 2 aliphatic heterocycles. The van der Waals surface area contributed by atoms with Crippen LogP contribution < -0.4 is 16.4 Å². The normalized spacial score (nSPS) is 15.4. The number of nitrogens with one attached hydrogen (secondary N) is 2. The topological polar surface area (TPSA) is 198 Å². The predicted molar refractivity (Wildman–Crippen MR) is 165 cm³/mol. The molecule has 15 nitrogen and oxygen atoms in total. The number of alkyl halides is 3. The summed E-state index contributed by atoms with van der Waals surface area (Å²) in [6, 6.07) is 4.34. The van der Waals surface area contributed by atoms with Crippen LogP contribution in [0.25, 0.3) is 11.3 Å². The summed E-state index contributed by atoms with van der Waals surface area (Å²) < 4.78 is 43.0. The van der Waals surface area contributed by atoms with Gasteiger partial charge in [0.2, 0.25) is 11.8 Å². The number of benzene rings is 1. The van der Waals surface area contributed by atoms with E-state index in [4.69, 9.17) is 27.2 Å². The maximum atomic E-state index is 13.7. The Morgan fingerprint density at radius 3 is 2.33 bits per heavy atom. The van der Waals surface area contributed by atoms with Crippen LogP contribution in [0.3, 0.4) is 0 Å². The fraction of sp³-hybridized carbons (Fsp3) is 0.414. The van der Waals surface area contributed by atoms with Gasteiger partial charge >= 0.3 is 6.18 Å². The van der Waals surface area contributed by atoms with E-state index in [1.54, 1.807) is 9.80 Å². The number of carbonyl (C=O) groups is 5. The van der Waals surface area contributed by atoms with E-state index in [1.807, 2.05) is 0 Å². The highest BCUT2D eigenvalue weighted by atomic mass is 35.5. The summed E-state index contributed by atoms with van der Waals surface area (Å²) in [5.74, 6) is -2.01. The van der Waals surface area contributed by atoms with Gasteiger partial charge in [-0.2, -0.15) is 18.3 Å². The summed E-state index contributed by atoms with van der Waals surface area (Å²) in [4.78, 5) is 66.1. The number of hydrogen-bond acceptors (Lipinski definition) is 8. The lowest BCUT2D eigenvalue weighted by atomic mass is 9.96. The van der Waals surface area contributed by atoms with Gasteiger partial charge in [0.25, 0.3) is 18.3 Å². The smallest absolute Gasteiger partial charge is 0.435 e. The molecule has 1 aromatic carbocycles. The molecule has 0 saturated carbocycles. The second kappa shape index (κ2) is 15.3. The molecule has 48 heavy (non-hydrogen) atoms. The minimum Gasteiger partial charge on any atom is -0.483 e. The van der Waals surface area contributed by atoms with Crippen molar-refractivity contribution in [3.63, 3.8) is 0 Å². The highest BCUT2D eigenvalue weighted by Gasteiger charge is 2.39. The molecule has 0 radical (unpaired) electrons. The van der Waals surface area contributed by atoms with Crippen LogP contribution in [-0.4, -0.2) is 104 Å². The molecule has 258 valence electrons. The number of primary amides is 1. The molecule has 0 aliphatic carbocycles. The van der Waals surface area contributed by atoms with Gasteiger partial charge in [-0.25, -0.2) is 4.98 Å². The summed E-state index contributed by atoms with van der Waals surface area (Å²) in [7, 11) is 1.36. The van der Waals surface area contributed by atoms with Crippen LogP contribution in [0.4, 0.5) is 18.9 Å². The molecule has 2 aromatic heterocycles. The minimum absolute atomic E-state index is 0.00713. The fourth-order valence-corrected chi connectivity index (χ4v) is 5.77. The van der Waals surface area contributed by atoms with Crippen LogP contribution in [0.2, 0.25) is 5.02 Å². The van der Waals surface area contributed by atoms with Crippen LogP contribution in [0.1, 0.15) is 39.5 Å². The maximum Gasteiger partial charge on any atom is 0.435 e. The van der Waals surface area contributed by atoms with E-state index in [0.717, 1.165) is 47.6 Å². The molecule has 0 spiro atoms. The van der Waals surface area contributed by atoms with E-state index in [0.29, 0.717) is 26.2 Å². The van der Waals surface area contributed by atoms with Crippen molar-refractivity contribution in [1.82, 2.24) is 34.4 Å². The molecule has 3 aromatic rings. The summed E-state index contributed by atoms with van der Waals surface area (Å²) in [6.07, 6.45) is -1.14. The number of piperazine rings is 1. The van der Waals surface area contributed by atoms with E-state index in [-0.39, 0.29) is 57.6 Å². The fourth-order valence-electron chi connectivity index (χ4n) is 5.51. The third-order valence-corrected chi connectivity index (χ3v) is 8.15. The summed E-state index contributed by atoms with van der Waals surface area (Å²) in [6.45, 7) is 2.42. The van der Waals surface area contributed by atoms with Crippen molar-refractivity contribution in [2.45, 2.75) is 25.6 Å². The lowest BCUT2D eigenvalue weighted by Crippen LogP contribution is -2.52. The quantitative estimate of drug-likeness (QED) is 0.266. The molecule has 0 atom stereocenters. The number of halogens is 4. The zero-order chi connectivity index (χ0) is 35.2. The number of imidazole rings is 1. The zero-order valence-corrected chi connectivity index (χ0v) is 26.4. The minimum atomic E-state index is -4.85. The Hall–Kier alpha value is -4.97. The molecule has 0 unspecified atom stereocenters. The molecule has 19 heteroatoms. The number of aromatic nitrogens is 4. The highest BCUT2D eigenvalue weighted by molar-refractivity contribution is 6.34. The molecule has 4 amide bonds. The number of piperidine rings is 1. The number of anilines is 1. The van der Waals surface area contributed by atoms with E-state index in [9.17, 15) is 32.3 Å². The largest absolute Gasteiger partial charge is 0.483 e. The third-order valence-electron chi connectivity index (χ3n) is 7.84. The molecule has 2 fully saturated rings. The lowest BCUT2D eigenvalue weighted by molar-refractivity contribution is -0.141. The molecule has 4 heterocycles. The number of carbonyl (C=O) groups excluding carboxylic acids is 4. The SMILES string of the molecule is Cn1c(-c2cn(CC(N)=O)nc2C(F)(F)F)cnc1C(=O)Nc1ccc(C(=O)N2CCN(C(=O)C3CCNCC3)CC2)c(Cl)c1.O=CO. The Morgan fingerprint density at radius 1 is 1.12 bits per heavy atom. The Kier molecular flexibility index (Phi) is 11.4. The summed E-state index contributed by atoms with van der Waals surface area (Å²) >= 11 is 6.43. The highest BCUT2D eigenvalue weighted by Crippen LogP contribution is 2.36. The number of rotatable bonds is 7. The molecular formula is C29H33ClF3N9O6. The van der Waals surface area contributed by atoms with Crippen LogP contribution in [0.15, 0.2) is 30.6 Å². The maximum absolute atomic E-state index is 13.7. The molecule has 0 bridgehead atoms. The third kappa shape index (κ3) is 8.29. The van der Waals surface area contributed by atoms with Gasteiger partial charge < -0.3 is 35.8 Å². The monoisotopic (exact) mass is 695 g/mol. The summed E-state index contributed by atoms with van der Waals surface area (Å²) in [5.41, 5.74) is 3.83. The van der Waals surface area contributed by atoms with Crippen molar-refractivity contribution in [3.05, 3.63) is 52.7 Å². The van der Waals surface area contributed by atoms with E-state index < -0.39 is 30.2 Å². The van der Waals surface area contributed by atoms with Crippen LogP contribution >= 0.6 is 11.6 Å². The van der Waals surface area contributed by atoms with Crippen LogP contribution in [0.5, 0.6) is 0 Å². The van der Waals surface area contributed by atoms with E-state index in [2.05, 4.69) is 20.7 Å². The molecule has 5 N–H and O–H groups in total. The van der Waals surface area contributed by atoms with Crippen LogP contribution in [-0.2, 0) is 34.2 Å². The van der Waals surface area contributed by atoms with Gasteiger partial charge in [0, 0.05) is 51.0 Å². The van der Waals surface area contributed by atoms with Gasteiger partial charge in [-0.05, 0) is 44.1 Å². The first kappa shape index (κ1) is 35.9. The molecule has 2 aliphatic rings. The van der Waals surface area contributed by atoms with Crippen LogP contribution in [0, 0.1) is 5.92 Å². The van der Waals surface area contributed by atoms with Gasteiger partial charge in [0.15, 0.2) is 11.5 Å². The van der Waals surface area contributed by atoms with Gasteiger partial charge in [-0.1, -0.05) is 11.6 Å². The van der Waals surface area contributed by atoms with Crippen molar-refractivity contribution in [1.29, 1.82) is 0 Å². The van der Waals surface area contributed by atoms with Crippen molar-refractivity contribution in [2.24, 2.45) is 18.7 Å². The standard InChI is InChI=1S/C28H31ClF3N9O4.CH2O2/c1-38-21(19-14-41(15-22(33)42)37-23(19)28(30,31)32)13-35-24(38)25(43)36-17-2-3-18(20(29)12-17)27(45)40-10-8-39(9-11-40)26(44)16-4-6-34-7-5-16;2-1-3/h2-3,12-14,16,34H,4-11,15H2,1H3,(H2,33,42)(H,36,43);1H,(H,2,3). The van der Waals surface area contributed by atoms with Crippen molar-refractivity contribution in [2.75, 3.05) is 44.6 Å². The molecule has 2 saturated heterocycles. The zero-order valence-electron chi connectivity index (χ0n) is 25.7. The first-order valence-corrected chi connectivity index (χ1v) is 15.1. The number of carboxylic acid groups (broad SMARTS) is 1. The van der Waals surface area contributed by atoms with Crippen molar-refractivity contribution >= 4 is 47.4 Å². The van der Waals surface area contributed by atoms with Crippen molar-refractivity contribution < 1.29 is 42.3 Å². The first-order valence-electron chi connectivity index (χ1n) is 14.7. The Bertz CT molecular complexity index is 1680.